The van der Waals surface area contributed by atoms with Gasteiger partial charge in [0.15, 0.2) is 16.8 Å². The van der Waals surface area contributed by atoms with Crippen LogP contribution < -0.4 is 5.73 Å². The maximum absolute atomic E-state index is 14.1. The second-order valence-corrected chi connectivity index (χ2v) is 4.76. The van der Waals surface area contributed by atoms with Crippen molar-refractivity contribution >= 4 is 29.0 Å². The SMILES string of the molecule is Nc1noc(-c2ccc(Cl)o2)c1-c1cccc(Cl)c1F. The van der Waals surface area contributed by atoms with Crippen LogP contribution in [0, 0.1) is 5.82 Å². The first kappa shape index (κ1) is 13.0. The van der Waals surface area contributed by atoms with Gasteiger partial charge in [0.25, 0.3) is 0 Å². The lowest BCUT2D eigenvalue weighted by atomic mass is 10.0. The molecule has 2 N–H and O–H groups in total. The van der Waals surface area contributed by atoms with Gasteiger partial charge in [-0.15, -0.1) is 0 Å². The maximum atomic E-state index is 14.1. The number of hydrogen-bond donors (Lipinski definition) is 1. The van der Waals surface area contributed by atoms with Gasteiger partial charge >= 0.3 is 0 Å². The van der Waals surface area contributed by atoms with E-state index in [0.29, 0.717) is 5.76 Å². The predicted molar refractivity (Wildman–Crippen MR) is 74.0 cm³/mol. The fourth-order valence-electron chi connectivity index (χ4n) is 1.86. The fourth-order valence-corrected chi connectivity index (χ4v) is 2.18. The van der Waals surface area contributed by atoms with E-state index in [1.165, 1.54) is 18.2 Å². The third kappa shape index (κ3) is 2.05. The number of anilines is 1. The Labute approximate surface area is 122 Å². The van der Waals surface area contributed by atoms with Crippen LogP contribution in [0.15, 0.2) is 39.3 Å². The van der Waals surface area contributed by atoms with Crippen molar-refractivity contribution in [3.63, 3.8) is 0 Å². The van der Waals surface area contributed by atoms with Crippen LogP contribution in [0.3, 0.4) is 0 Å². The Balaban J connectivity index is 2.24. The van der Waals surface area contributed by atoms with E-state index in [-0.39, 0.29) is 32.9 Å². The van der Waals surface area contributed by atoms with Crippen molar-refractivity contribution in [2.24, 2.45) is 0 Å². The first-order chi connectivity index (χ1) is 9.58. The Morgan fingerprint density at radius 3 is 2.65 bits per heavy atom. The molecule has 102 valence electrons. The molecule has 0 aliphatic carbocycles. The predicted octanol–water partition coefficient (Wildman–Crippen LogP) is 4.63. The highest BCUT2D eigenvalue weighted by atomic mass is 35.5. The molecule has 2 aromatic heterocycles. The van der Waals surface area contributed by atoms with Gasteiger partial charge < -0.3 is 14.7 Å². The summed E-state index contributed by atoms with van der Waals surface area (Å²) in [6.45, 7) is 0. The topological polar surface area (TPSA) is 65.2 Å². The maximum Gasteiger partial charge on any atom is 0.212 e. The van der Waals surface area contributed by atoms with E-state index in [0.717, 1.165) is 0 Å². The van der Waals surface area contributed by atoms with Crippen molar-refractivity contribution < 1.29 is 13.3 Å². The van der Waals surface area contributed by atoms with Crippen LogP contribution in [0.4, 0.5) is 10.2 Å². The molecular weight excluding hydrogens is 306 g/mol. The van der Waals surface area contributed by atoms with E-state index < -0.39 is 5.82 Å². The Hall–Kier alpha value is -1.98. The summed E-state index contributed by atoms with van der Waals surface area (Å²) in [5.74, 6) is -0.0826. The summed E-state index contributed by atoms with van der Waals surface area (Å²) in [5, 5.41) is 3.79. The van der Waals surface area contributed by atoms with Crippen molar-refractivity contribution in [3.05, 3.63) is 46.4 Å². The number of furan rings is 1. The van der Waals surface area contributed by atoms with Crippen molar-refractivity contribution in [2.45, 2.75) is 0 Å². The van der Waals surface area contributed by atoms with Crippen LogP contribution in [0.25, 0.3) is 22.6 Å². The van der Waals surface area contributed by atoms with Gasteiger partial charge in [-0.05, 0) is 29.8 Å². The van der Waals surface area contributed by atoms with Crippen molar-refractivity contribution in [3.8, 4) is 22.6 Å². The third-order valence-corrected chi connectivity index (χ3v) is 3.23. The van der Waals surface area contributed by atoms with Gasteiger partial charge in [-0.1, -0.05) is 28.9 Å². The lowest BCUT2D eigenvalue weighted by molar-refractivity contribution is 0.421. The number of aromatic nitrogens is 1. The number of benzene rings is 1. The average Bonchev–Trinajstić information content (AvgIpc) is 2.99. The summed E-state index contributed by atoms with van der Waals surface area (Å²) in [6.07, 6.45) is 0. The molecule has 0 radical (unpaired) electrons. The summed E-state index contributed by atoms with van der Waals surface area (Å²) < 4.78 is 24.5. The molecule has 3 rings (SSSR count). The normalized spacial score (nSPS) is 10.9. The molecule has 0 aliphatic heterocycles. The molecule has 0 spiro atoms. The third-order valence-electron chi connectivity index (χ3n) is 2.74. The van der Waals surface area contributed by atoms with Gasteiger partial charge in [-0.2, -0.15) is 0 Å². The lowest BCUT2D eigenvalue weighted by Gasteiger charge is -2.04. The molecule has 1 aromatic carbocycles. The molecule has 0 amide bonds. The summed E-state index contributed by atoms with van der Waals surface area (Å²) in [5.41, 5.74) is 6.20. The van der Waals surface area contributed by atoms with Gasteiger partial charge in [-0.25, -0.2) is 4.39 Å². The fraction of sp³-hybridized carbons (Fsp3) is 0. The molecule has 4 nitrogen and oxygen atoms in total. The molecule has 0 saturated heterocycles. The van der Waals surface area contributed by atoms with Crippen molar-refractivity contribution in [2.75, 3.05) is 5.73 Å². The number of hydrogen-bond acceptors (Lipinski definition) is 4. The highest BCUT2D eigenvalue weighted by molar-refractivity contribution is 6.31. The van der Waals surface area contributed by atoms with E-state index in [4.69, 9.17) is 37.9 Å². The lowest BCUT2D eigenvalue weighted by Crippen LogP contribution is -1.92. The second-order valence-electron chi connectivity index (χ2n) is 3.98. The van der Waals surface area contributed by atoms with E-state index >= 15 is 0 Å². The molecule has 0 bridgehead atoms. The number of rotatable bonds is 2. The van der Waals surface area contributed by atoms with Crippen molar-refractivity contribution in [1.82, 2.24) is 5.16 Å². The number of halogens is 3. The minimum Gasteiger partial charge on any atom is -0.441 e. The van der Waals surface area contributed by atoms with E-state index in [1.807, 2.05) is 0 Å². The van der Waals surface area contributed by atoms with Crippen LogP contribution >= 0.6 is 23.2 Å². The Kier molecular flexibility index (Phi) is 3.16. The van der Waals surface area contributed by atoms with Gasteiger partial charge in [0, 0.05) is 5.56 Å². The van der Waals surface area contributed by atoms with E-state index in [1.54, 1.807) is 12.1 Å². The monoisotopic (exact) mass is 312 g/mol. The quantitative estimate of drug-likeness (QED) is 0.749. The standard InChI is InChI=1S/C13H7Cl2FN2O2/c14-7-3-1-2-6(11(7)16)10-12(20-18-13(10)17)8-4-5-9(15)19-8/h1-5H,(H2,17,18). The molecule has 7 heteroatoms. The van der Waals surface area contributed by atoms with Gasteiger partial charge in [-0.3, -0.25) is 0 Å². The van der Waals surface area contributed by atoms with Crippen LogP contribution in [-0.4, -0.2) is 5.16 Å². The Bertz CT molecular complexity index is 783. The van der Waals surface area contributed by atoms with Gasteiger partial charge in [0.2, 0.25) is 5.76 Å². The molecule has 0 saturated carbocycles. The van der Waals surface area contributed by atoms with Crippen LogP contribution in [-0.2, 0) is 0 Å². The average molecular weight is 313 g/mol. The molecule has 3 aromatic rings. The van der Waals surface area contributed by atoms with Crippen LogP contribution in [0.2, 0.25) is 10.2 Å². The van der Waals surface area contributed by atoms with Gasteiger partial charge in [0.1, 0.15) is 5.82 Å². The van der Waals surface area contributed by atoms with E-state index in [2.05, 4.69) is 5.16 Å². The zero-order valence-electron chi connectivity index (χ0n) is 9.86. The van der Waals surface area contributed by atoms with Crippen LogP contribution in [0.1, 0.15) is 0 Å². The summed E-state index contributed by atoms with van der Waals surface area (Å²) in [4.78, 5) is 0. The zero-order chi connectivity index (χ0) is 14.3. The smallest absolute Gasteiger partial charge is 0.212 e. The summed E-state index contributed by atoms with van der Waals surface area (Å²) >= 11 is 11.5. The molecule has 0 atom stereocenters. The number of nitrogens with zero attached hydrogens (tertiary/aromatic N) is 1. The second kappa shape index (κ2) is 4.85. The highest BCUT2D eigenvalue weighted by Crippen LogP contribution is 2.40. The molecule has 20 heavy (non-hydrogen) atoms. The summed E-state index contributed by atoms with van der Waals surface area (Å²) in [7, 11) is 0. The Morgan fingerprint density at radius 1 is 1.15 bits per heavy atom. The zero-order valence-corrected chi connectivity index (χ0v) is 11.4. The Morgan fingerprint density at radius 2 is 1.95 bits per heavy atom. The molecule has 0 fully saturated rings. The minimum atomic E-state index is -0.608. The van der Waals surface area contributed by atoms with Gasteiger partial charge in [0.05, 0.1) is 10.6 Å². The molecular formula is C13H7Cl2FN2O2. The molecule has 0 unspecified atom stereocenters. The first-order valence-electron chi connectivity index (χ1n) is 5.53. The minimum absolute atomic E-state index is 0.0217. The largest absolute Gasteiger partial charge is 0.441 e. The van der Waals surface area contributed by atoms with Crippen molar-refractivity contribution in [1.29, 1.82) is 0 Å². The first-order valence-corrected chi connectivity index (χ1v) is 6.28. The van der Waals surface area contributed by atoms with Crippen LogP contribution in [0.5, 0.6) is 0 Å². The molecule has 2 heterocycles. The summed E-state index contributed by atoms with van der Waals surface area (Å²) in [6, 6.07) is 7.68. The number of nitrogen functional groups attached to an aromatic ring is 1. The number of nitrogens with two attached hydrogens (primary N) is 1. The van der Waals surface area contributed by atoms with E-state index in [9.17, 15) is 4.39 Å². The molecule has 0 aliphatic rings. The highest BCUT2D eigenvalue weighted by Gasteiger charge is 2.23.